The fraction of sp³-hybridized carbons (Fsp3) is 0.579. The summed E-state index contributed by atoms with van der Waals surface area (Å²) in [6.07, 6.45) is 2.75. The molecule has 3 amide bonds. The van der Waals surface area contributed by atoms with Gasteiger partial charge in [0.15, 0.2) is 0 Å². The van der Waals surface area contributed by atoms with Crippen molar-refractivity contribution in [1.29, 1.82) is 0 Å². The molecule has 6 heteroatoms. The van der Waals surface area contributed by atoms with Crippen LogP contribution in [-0.4, -0.2) is 48.7 Å². The predicted molar refractivity (Wildman–Crippen MR) is 96.5 cm³/mol. The van der Waals surface area contributed by atoms with E-state index < -0.39 is 0 Å². The quantitative estimate of drug-likeness (QED) is 0.916. The third-order valence-electron chi connectivity index (χ3n) is 4.70. The Balaban J connectivity index is 1.59. The molecule has 0 radical (unpaired) electrons. The molecule has 25 heavy (non-hydrogen) atoms. The molecule has 0 aromatic heterocycles. The van der Waals surface area contributed by atoms with Crippen LogP contribution in [0.1, 0.15) is 38.7 Å². The van der Waals surface area contributed by atoms with Crippen LogP contribution in [0.3, 0.4) is 0 Å². The minimum atomic E-state index is -0.0681. The summed E-state index contributed by atoms with van der Waals surface area (Å²) in [5, 5.41) is 2.98. The molecule has 1 aromatic carbocycles. The van der Waals surface area contributed by atoms with Gasteiger partial charge in [0.2, 0.25) is 5.91 Å². The van der Waals surface area contributed by atoms with E-state index in [2.05, 4.69) is 5.32 Å². The first-order valence-corrected chi connectivity index (χ1v) is 9.10. The van der Waals surface area contributed by atoms with Crippen LogP contribution in [0.15, 0.2) is 24.3 Å². The van der Waals surface area contributed by atoms with Crippen molar-refractivity contribution in [3.8, 4) is 0 Å². The molecule has 1 N–H and O–H groups in total. The zero-order chi connectivity index (χ0) is 17.8. The molecule has 6 nitrogen and oxygen atoms in total. The van der Waals surface area contributed by atoms with E-state index in [4.69, 9.17) is 4.74 Å². The number of anilines is 1. The fourth-order valence-electron chi connectivity index (χ4n) is 3.55. The Morgan fingerprint density at radius 1 is 1.24 bits per heavy atom. The number of amides is 3. The van der Waals surface area contributed by atoms with Gasteiger partial charge in [0.1, 0.15) is 0 Å². The average molecular weight is 345 g/mol. The van der Waals surface area contributed by atoms with Gasteiger partial charge in [-0.05, 0) is 44.4 Å². The van der Waals surface area contributed by atoms with Crippen molar-refractivity contribution in [3.05, 3.63) is 29.8 Å². The first-order valence-electron chi connectivity index (χ1n) is 9.10. The van der Waals surface area contributed by atoms with Gasteiger partial charge in [-0.1, -0.05) is 12.1 Å². The maximum Gasteiger partial charge on any atom is 0.317 e. The molecule has 2 atom stereocenters. The van der Waals surface area contributed by atoms with Crippen molar-refractivity contribution in [2.24, 2.45) is 0 Å². The number of urea groups is 1. The van der Waals surface area contributed by atoms with E-state index in [1.807, 2.05) is 43.0 Å². The van der Waals surface area contributed by atoms with Crippen LogP contribution in [0, 0.1) is 0 Å². The number of nitrogens with zero attached hydrogens (tertiary/aromatic N) is 2. The van der Waals surface area contributed by atoms with Crippen molar-refractivity contribution in [2.45, 2.75) is 51.9 Å². The summed E-state index contributed by atoms with van der Waals surface area (Å²) in [5.41, 5.74) is 1.92. The molecule has 0 unspecified atom stereocenters. The minimum Gasteiger partial charge on any atom is -0.372 e. The lowest BCUT2D eigenvalue weighted by Crippen LogP contribution is -2.51. The number of carbonyl (C=O) groups excluding carboxylic acids is 2. The number of benzene rings is 1. The topological polar surface area (TPSA) is 61.9 Å². The molecule has 2 fully saturated rings. The molecular formula is C19H27N3O3. The van der Waals surface area contributed by atoms with Gasteiger partial charge in [-0.25, -0.2) is 4.79 Å². The molecule has 3 rings (SSSR count). The standard InChI is InChI=1S/C19H27N3O3/c1-14-12-21(13-15(2)25-14)19(24)20-11-16-6-5-7-17(10-16)22-9-4-3-8-18(22)23/h5-7,10,14-15H,3-4,8-9,11-13H2,1-2H3,(H,20,24)/t14-,15-/m1/s1. The van der Waals surface area contributed by atoms with E-state index in [1.165, 1.54) is 0 Å². The number of ether oxygens (including phenoxy) is 1. The van der Waals surface area contributed by atoms with Crippen molar-refractivity contribution in [2.75, 3.05) is 24.5 Å². The summed E-state index contributed by atoms with van der Waals surface area (Å²) in [4.78, 5) is 28.1. The van der Waals surface area contributed by atoms with Crippen LogP contribution in [0.4, 0.5) is 10.5 Å². The van der Waals surface area contributed by atoms with Crippen molar-refractivity contribution in [1.82, 2.24) is 10.2 Å². The van der Waals surface area contributed by atoms with E-state index in [0.29, 0.717) is 26.1 Å². The van der Waals surface area contributed by atoms with E-state index in [1.54, 1.807) is 4.90 Å². The lowest BCUT2D eigenvalue weighted by Gasteiger charge is -2.35. The van der Waals surface area contributed by atoms with Gasteiger partial charge in [0, 0.05) is 38.3 Å². The molecule has 2 aliphatic rings. The molecule has 1 aromatic rings. The summed E-state index contributed by atoms with van der Waals surface area (Å²) >= 11 is 0. The van der Waals surface area contributed by atoms with Crippen LogP contribution >= 0.6 is 0 Å². The Bertz CT molecular complexity index is 624. The number of carbonyl (C=O) groups is 2. The molecule has 0 saturated carbocycles. The lowest BCUT2D eigenvalue weighted by atomic mass is 10.1. The number of piperidine rings is 1. The van der Waals surface area contributed by atoms with Gasteiger partial charge >= 0.3 is 6.03 Å². The number of nitrogens with one attached hydrogen (secondary N) is 1. The number of hydrogen-bond donors (Lipinski definition) is 1. The third kappa shape index (κ3) is 4.51. The van der Waals surface area contributed by atoms with Crippen LogP contribution in [0.2, 0.25) is 0 Å². The Hall–Kier alpha value is -2.08. The summed E-state index contributed by atoms with van der Waals surface area (Å²) in [6, 6.07) is 7.80. The Kier molecular flexibility index (Phi) is 5.58. The zero-order valence-electron chi connectivity index (χ0n) is 15.0. The Morgan fingerprint density at radius 3 is 2.72 bits per heavy atom. The normalized spacial score (nSPS) is 24.3. The van der Waals surface area contributed by atoms with E-state index in [9.17, 15) is 9.59 Å². The second-order valence-corrected chi connectivity index (χ2v) is 6.99. The van der Waals surface area contributed by atoms with Crippen LogP contribution in [0.5, 0.6) is 0 Å². The van der Waals surface area contributed by atoms with Gasteiger partial charge in [-0.2, -0.15) is 0 Å². The van der Waals surface area contributed by atoms with E-state index in [-0.39, 0.29) is 24.1 Å². The van der Waals surface area contributed by atoms with Gasteiger partial charge in [-0.15, -0.1) is 0 Å². The monoisotopic (exact) mass is 345 g/mol. The maximum absolute atomic E-state index is 12.4. The molecule has 136 valence electrons. The van der Waals surface area contributed by atoms with Gasteiger partial charge in [0.05, 0.1) is 12.2 Å². The minimum absolute atomic E-state index is 0.0583. The fourth-order valence-corrected chi connectivity index (χ4v) is 3.55. The summed E-state index contributed by atoms with van der Waals surface area (Å²) in [6.45, 7) is 6.41. The largest absolute Gasteiger partial charge is 0.372 e. The van der Waals surface area contributed by atoms with Gasteiger partial charge in [0.25, 0.3) is 0 Å². The van der Waals surface area contributed by atoms with Crippen LogP contribution < -0.4 is 10.2 Å². The highest BCUT2D eigenvalue weighted by Gasteiger charge is 2.25. The Morgan fingerprint density at radius 2 is 2.00 bits per heavy atom. The van der Waals surface area contributed by atoms with E-state index in [0.717, 1.165) is 30.6 Å². The van der Waals surface area contributed by atoms with Gasteiger partial charge < -0.3 is 19.9 Å². The summed E-state index contributed by atoms with van der Waals surface area (Å²) in [5.74, 6) is 0.184. The Labute approximate surface area is 149 Å². The molecule has 0 bridgehead atoms. The number of hydrogen-bond acceptors (Lipinski definition) is 3. The van der Waals surface area contributed by atoms with Crippen LogP contribution in [-0.2, 0) is 16.1 Å². The first-order chi connectivity index (χ1) is 12.0. The smallest absolute Gasteiger partial charge is 0.317 e. The number of rotatable bonds is 3. The molecule has 0 aliphatic carbocycles. The molecular weight excluding hydrogens is 318 g/mol. The third-order valence-corrected chi connectivity index (χ3v) is 4.70. The first kappa shape index (κ1) is 17.7. The number of morpholine rings is 1. The highest BCUT2D eigenvalue weighted by atomic mass is 16.5. The maximum atomic E-state index is 12.4. The second-order valence-electron chi connectivity index (χ2n) is 6.99. The zero-order valence-corrected chi connectivity index (χ0v) is 15.0. The summed E-state index contributed by atoms with van der Waals surface area (Å²) < 4.78 is 5.66. The van der Waals surface area contributed by atoms with Crippen molar-refractivity contribution in [3.63, 3.8) is 0 Å². The second kappa shape index (κ2) is 7.87. The SMILES string of the molecule is C[C@@H]1CN(C(=O)NCc2cccc(N3CCCCC3=O)c2)C[C@@H](C)O1. The van der Waals surface area contributed by atoms with Gasteiger partial charge in [-0.3, -0.25) is 4.79 Å². The average Bonchev–Trinajstić information content (AvgIpc) is 2.59. The molecule has 0 spiro atoms. The predicted octanol–water partition coefficient (Wildman–Crippen LogP) is 2.52. The lowest BCUT2D eigenvalue weighted by molar-refractivity contribution is -0.119. The van der Waals surface area contributed by atoms with Crippen molar-refractivity contribution < 1.29 is 14.3 Å². The molecule has 2 aliphatic heterocycles. The highest BCUT2D eigenvalue weighted by Crippen LogP contribution is 2.22. The molecule has 2 heterocycles. The van der Waals surface area contributed by atoms with E-state index >= 15 is 0 Å². The summed E-state index contributed by atoms with van der Waals surface area (Å²) in [7, 11) is 0. The highest BCUT2D eigenvalue weighted by molar-refractivity contribution is 5.94. The van der Waals surface area contributed by atoms with Crippen LogP contribution in [0.25, 0.3) is 0 Å². The molecule has 2 saturated heterocycles. The van der Waals surface area contributed by atoms with Crippen molar-refractivity contribution >= 4 is 17.6 Å².